The molecule has 0 radical (unpaired) electrons. The van der Waals surface area contributed by atoms with E-state index in [-0.39, 0.29) is 11.7 Å². The summed E-state index contributed by atoms with van der Waals surface area (Å²) >= 11 is 3.47. The van der Waals surface area contributed by atoms with Gasteiger partial charge in [0.25, 0.3) is 0 Å². The van der Waals surface area contributed by atoms with Gasteiger partial charge in [0.1, 0.15) is 11.6 Å². The summed E-state index contributed by atoms with van der Waals surface area (Å²) in [5, 5.41) is 9.72. The summed E-state index contributed by atoms with van der Waals surface area (Å²) in [5.41, 5.74) is 1.42. The Balaban J connectivity index is 1.93. The Morgan fingerprint density at radius 1 is 1.38 bits per heavy atom. The molecule has 0 spiro atoms. The van der Waals surface area contributed by atoms with Gasteiger partial charge in [-0.1, -0.05) is 28.1 Å². The monoisotopic (exact) mass is 347 g/mol. The molecule has 2 N–H and O–H groups in total. The lowest BCUT2D eigenvalue weighted by Crippen LogP contribution is -2.15. The molecule has 0 saturated heterocycles. The Bertz CT molecular complexity index is 854. The molecule has 0 aliphatic heterocycles. The number of rotatable bonds is 3. The summed E-state index contributed by atoms with van der Waals surface area (Å²) in [6.07, 6.45) is 0. The van der Waals surface area contributed by atoms with Crippen molar-refractivity contribution in [3.8, 4) is 0 Å². The van der Waals surface area contributed by atoms with Crippen molar-refractivity contribution in [2.45, 2.75) is 19.9 Å². The number of fused-ring (bicyclic) bond motifs is 1. The number of benzene rings is 1. The normalized spacial score (nSPS) is 12.5. The molecule has 7 heteroatoms. The van der Waals surface area contributed by atoms with Crippen LogP contribution in [0.1, 0.15) is 24.4 Å². The van der Waals surface area contributed by atoms with Crippen LogP contribution in [0.15, 0.2) is 39.6 Å². The zero-order valence-corrected chi connectivity index (χ0v) is 13.2. The Kier molecular flexibility index (Phi) is 3.50. The first-order valence-corrected chi connectivity index (χ1v) is 7.30. The van der Waals surface area contributed by atoms with Crippen LogP contribution in [-0.2, 0) is 0 Å². The molecule has 2 heterocycles. The molecule has 0 bridgehead atoms. The van der Waals surface area contributed by atoms with Crippen molar-refractivity contribution in [3.05, 3.63) is 56.7 Å². The molecule has 0 saturated carbocycles. The second-order valence-electron chi connectivity index (χ2n) is 4.83. The molecule has 21 heavy (non-hydrogen) atoms. The molecule has 3 aromatic rings. The Morgan fingerprint density at radius 2 is 2.19 bits per heavy atom. The van der Waals surface area contributed by atoms with E-state index in [0.29, 0.717) is 17.3 Å². The molecule has 2 aromatic heterocycles. The third kappa shape index (κ3) is 2.69. The number of halogens is 1. The fourth-order valence-electron chi connectivity index (χ4n) is 2.25. The lowest BCUT2D eigenvalue weighted by molar-refractivity contribution is 0.859. The van der Waals surface area contributed by atoms with Crippen LogP contribution in [0, 0.1) is 6.92 Å². The minimum absolute atomic E-state index is 0.0857. The van der Waals surface area contributed by atoms with Crippen LogP contribution in [0.3, 0.4) is 0 Å². The SMILES string of the molecule is Cc1nc(NC(C)c2cccc(Br)c2)cc2n[nH]c(=O)n12. The Labute approximate surface area is 129 Å². The summed E-state index contributed by atoms with van der Waals surface area (Å²) in [6.45, 7) is 3.83. The number of aromatic nitrogens is 4. The average Bonchev–Trinajstić information content (AvgIpc) is 2.80. The molecule has 1 atom stereocenters. The molecule has 0 fully saturated rings. The number of nitrogens with one attached hydrogen (secondary N) is 2. The van der Waals surface area contributed by atoms with Gasteiger partial charge in [0.15, 0.2) is 5.65 Å². The van der Waals surface area contributed by atoms with Crippen LogP contribution < -0.4 is 11.0 Å². The van der Waals surface area contributed by atoms with Crippen molar-refractivity contribution in [1.29, 1.82) is 0 Å². The number of aryl methyl sites for hydroxylation is 1. The van der Waals surface area contributed by atoms with E-state index in [0.717, 1.165) is 10.0 Å². The maximum atomic E-state index is 11.6. The van der Waals surface area contributed by atoms with Crippen LogP contribution >= 0.6 is 15.9 Å². The largest absolute Gasteiger partial charge is 0.363 e. The summed E-state index contributed by atoms with van der Waals surface area (Å²) < 4.78 is 2.47. The van der Waals surface area contributed by atoms with Gasteiger partial charge >= 0.3 is 5.69 Å². The Hall–Kier alpha value is -2.15. The first-order chi connectivity index (χ1) is 10.0. The molecule has 3 rings (SSSR count). The fraction of sp³-hybridized carbons (Fsp3) is 0.214. The van der Waals surface area contributed by atoms with Crippen molar-refractivity contribution in [2.75, 3.05) is 5.32 Å². The van der Waals surface area contributed by atoms with E-state index in [1.165, 1.54) is 4.40 Å². The summed E-state index contributed by atoms with van der Waals surface area (Å²) in [6, 6.07) is 9.92. The van der Waals surface area contributed by atoms with E-state index in [9.17, 15) is 4.79 Å². The third-order valence-corrected chi connectivity index (χ3v) is 3.78. The lowest BCUT2D eigenvalue weighted by Gasteiger charge is -2.15. The highest BCUT2D eigenvalue weighted by molar-refractivity contribution is 9.10. The number of anilines is 1. The van der Waals surface area contributed by atoms with Gasteiger partial charge in [-0.15, -0.1) is 0 Å². The van der Waals surface area contributed by atoms with Gasteiger partial charge in [0.2, 0.25) is 0 Å². The zero-order valence-electron chi connectivity index (χ0n) is 11.6. The average molecular weight is 348 g/mol. The third-order valence-electron chi connectivity index (χ3n) is 3.28. The standard InChI is InChI=1S/C14H14BrN5O/c1-8(10-4-3-5-11(15)6-10)16-12-7-13-18-19-14(21)20(13)9(2)17-12/h3-8,16H,1-2H3,(H,19,21). The predicted octanol–water partition coefficient (Wildman–Crippen LogP) is 2.66. The highest BCUT2D eigenvalue weighted by atomic mass is 79.9. The quantitative estimate of drug-likeness (QED) is 0.763. The summed E-state index contributed by atoms with van der Waals surface area (Å²) in [4.78, 5) is 16.0. The highest BCUT2D eigenvalue weighted by Gasteiger charge is 2.10. The number of aromatic amines is 1. The maximum absolute atomic E-state index is 11.6. The van der Waals surface area contributed by atoms with Gasteiger partial charge < -0.3 is 5.32 Å². The summed E-state index contributed by atoms with van der Waals surface area (Å²) in [5.74, 6) is 1.28. The van der Waals surface area contributed by atoms with Crippen molar-refractivity contribution in [1.82, 2.24) is 19.6 Å². The maximum Gasteiger partial charge on any atom is 0.349 e. The van der Waals surface area contributed by atoms with Crippen LogP contribution in [0.4, 0.5) is 5.82 Å². The van der Waals surface area contributed by atoms with Crippen molar-refractivity contribution in [3.63, 3.8) is 0 Å². The van der Waals surface area contributed by atoms with E-state index < -0.39 is 0 Å². The van der Waals surface area contributed by atoms with E-state index in [4.69, 9.17) is 0 Å². The van der Waals surface area contributed by atoms with Crippen molar-refractivity contribution < 1.29 is 0 Å². The molecule has 6 nitrogen and oxygen atoms in total. The van der Waals surface area contributed by atoms with E-state index >= 15 is 0 Å². The summed E-state index contributed by atoms with van der Waals surface area (Å²) in [7, 11) is 0. The first-order valence-electron chi connectivity index (χ1n) is 6.51. The molecule has 0 amide bonds. The number of hydrogen-bond acceptors (Lipinski definition) is 4. The van der Waals surface area contributed by atoms with Gasteiger partial charge in [0.05, 0.1) is 0 Å². The second-order valence-corrected chi connectivity index (χ2v) is 5.75. The molecule has 1 unspecified atom stereocenters. The van der Waals surface area contributed by atoms with Crippen molar-refractivity contribution in [2.24, 2.45) is 0 Å². The number of H-pyrrole nitrogens is 1. The number of hydrogen-bond donors (Lipinski definition) is 2. The van der Waals surface area contributed by atoms with Crippen LogP contribution in [0.5, 0.6) is 0 Å². The highest BCUT2D eigenvalue weighted by Crippen LogP contribution is 2.21. The van der Waals surface area contributed by atoms with Gasteiger partial charge in [-0.05, 0) is 31.5 Å². The second kappa shape index (κ2) is 5.33. The molecule has 1 aromatic carbocycles. The fourth-order valence-corrected chi connectivity index (χ4v) is 2.67. The molecule has 108 valence electrons. The van der Waals surface area contributed by atoms with Gasteiger partial charge in [-0.2, -0.15) is 5.10 Å². The van der Waals surface area contributed by atoms with Crippen LogP contribution in [0.25, 0.3) is 5.65 Å². The molecular formula is C14H14BrN5O. The minimum Gasteiger partial charge on any atom is -0.363 e. The Morgan fingerprint density at radius 3 is 2.95 bits per heavy atom. The molecule has 0 aliphatic carbocycles. The molecular weight excluding hydrogens is 334 g/mol. The van der Waals surface area contributed by atoms with Crippen molar-refractivity contribution >= 4 is 27.4 Å². The minimum atomic E-state index is -0.276. The number of nitrogens with zero attached hydrogens (tertiary/aromatic N) is 3. The zero-order chi connectivity index (χ0) is 15.0. The van der Waals surface area contributed by atoms with E-state index in [1.807, 2.05) is 18.2 Å². The smallest absolute Gasteiger partial charge is 0.349 e. The van der Waals surface area contributed by atoms with Gasteiger partial charge in [-0.25, -0.2) is 19.3 Å². The predicted molar refractivity (Wildman–Crippen MR) is 84.5 cm³/mol. The lowest BCUT2D eigenvalue weighted by atomic mass is 10.1. The van der Waals surface area contributed by atoms with E-state index in [1.54, 1.807) is 13.0 Å². The van der Waals surface area contributed by atoms with E-state index in [2.05, 4.69) is 49.4 Å². The van der Waals surface area contributed by atoms with Crippen LogP contribution in [0.2, 0.25) is 0 Å². The van der Waals surface area contributed by atoms with Gasteiger partial charge in [0, 0.05) is 16.6 Å². The molecule has 0 aliphatic rings. The first kappa shape index (κ1) is 13.8. The topological polar surface area (TPSA) is 75.1 Å². The van der Waals surface area contributed by atoms with Gasteiger partial charge in [-0.3, -0.25) is 0 Å². The van der Waals surface area contributed by atoms with Crippen LogP contribution in [-0.4, -0.2) is 19.6 Å².